The Balaban J connectivity index is 2.79. The van der Waals surface area contributed by atoms with Gasteiger partial charge in [0.1, 0.15) is 6.10 Å². The number of ether oxygens (including phenoxy) is 1. The average molecular weight is 260 g/mol. The molecule has 0 saturated carbocycles. The minimum Gasteiger partial charge on any atom is -0.478 e. The van der Waals surface area contributed by atoms with Crippen molar-refractivity contribution in [2.45, 2.75) is 19.4 Å². The van der Waals surface area contributed by atoms with E-state index in [1.807, 2.05) is 37.3 Å². The highest BCUT2D eigenvalue weighted by Crippen LogP contribution is 2.24. The van der Waals surface area contributed by atoms with Gasteiger partial charge in [-0.05, 0) is 12.5 Å². The summed E-state index contributed by atoms with van der Waals surface area (Å²) < 4.78 is 5.25. The van der Waals surface area contributed by atoms with E-state index in [0.717, 1.165) is 23.3 Å². The van der Waals surface area contributed by atoms with E-state index in [-0.39, 0.29) is 0 Å². The molecule has 4 nitrogen and oxygen atoms in total. The number of carbonyl (C=O) groups excluding carboxylic acids is 1. The van der Waals surface area contributed by atoms with E-state index in [0.29, 0.717) is 6.42 Å². The van der Waals surface area contributed by atoms with E-state index >= 15 is 0 Å². The first-order chi connectivity index (χ1) is 8.99. The number of carboxylic acid groups (broad SMARTS) is 1. The Morgan fingerprint density at radius 3 is 2.47 bits per heavy atom. The van der Waals surface area contributed by atoms with Crippen LogP contribution in [-0.2, 0) is 14.3 Å². The molecule has 0 spiro atoms. The summed E-state index contributed by atoms with van der Waals surface area (Å²) in [4.78, 5) is 21.8. The molecule has 0 saturated heterocycles. The van der Waals surface area contributed by atoms with Gasteiger partial charge < -0.3 is 9.84 Å². The molecular formula is C15H16O4. The van der Waals surface area contributed by atoms with Crippen LogP contribution in [0.1, 0.15) is 25.0 Å². The Bertz CT molecular complexity index is 488. The highest BCUT2D eigenvalue weighted by molar-refractivity contribution is 5.90. The number of esters is 1. The fourth-order valence-corrected chi connectivity index (χ4v) is 1.53. The number of hydrogen-bond acceptors (Lipinski definition) is 3. The van der Waals surface area contributed by atoms with Gasteiger partial charge in [-0.2, -0.15) is 0 Å². The molecule has 1 atom stereocenters. The maximum absolute atomic E-state index is 11.5. The Morgan fingerprint density at radius 1 is 1.32 bits per heavy atom. The van der Waals surface area contributed by atoms with Gasteiger partial charge in [-0.15, -0.1) is 0 Å². The Labute approximate surface area is 112 Å². The lowest BCUT2D eigenvalue weighted by Crippen LogP contribution is -2.10. The van der Waals surface area contributed by atoms with Crippen LogP contribution >= 0.6 is 0 Å². The van der Waals surface area contributed by atoms with E-state index < -0.39 is 18.0 Å². The molecule has 100 valence electrons. The molecule has 0 aliphatic heterocycles. The number of benzene rings is 1. The van der Waals surface area contributed by atoms with E-state index in [1.165, 1.54) is 0 Å². The molecule has 1 unspecified atom stereocenters. The number of carbonyl (C=O) groups is 2. The first-order valence-corrected chi connectivity index (χ1v) is 5.80. The molecule has 1 aromatic carbocycles. The normalized spacial score (nSPS) is 12.1. The third-order valence-electron chi connectivity index (χ3n) is 2.33. The van der Waals surface area contributed by atoms with Crippen molar-refractivity contribution in [3.8, 4) is 0 Å². The molecule has 4 heteroatoms. The predicted molar refractivity (Wildman–Crippen MR) is 71.5 cm³/mol. The zero-order valence-electron chi connectivity index (χ0n) is 10.7. The molecule has 0 aliphatic carbocycles. The maximum Gasteiger partial charge on any atom is 0.331 e. The van der Waals surface area contributed by atoms with Gasteiger partial charge >= 0.3 is 11.9 Å². The zero-order valence-corrected chi connectivity index (χ0v) is 10.7. The molecule has 1 rings (SSSR count). The van der Waals surface area contributed by atoms with Crippen LogP contribution < -0.4 is 0 Å². The van der Waals surface area contributed by atoms with Crippen molar-refractivity contribution in [3.63, 3.8) is 0 Å². The van der Waals surface area contributed by atoms with Crippen LogP contribution in [0.3, 0.4) is 0 Å². The lowest BCUT2D eigenvalue weighted by atomic mass is 10.0. The molecule has 0 heterocycles. The summed E-state index contributed by atoms with van der Waals surface area (Å²) in [7, 11) is 0. The minimum absolute atomic E-state index is 0.454. The van der Waals surface area contributed by atoms with Gasteiger partial charge in [-0.1, -0.05) is 42.5 Å². The lowest BCUT2D eigenvalue weighted by Gasteiger charge is -2.17. The smallest absolute Gasteiger partial charge is 0.331 e. The molecule has 19 heavy (non-hydrogen) atoms. The standard InChI is InChI=1S/C15H16O4/c1-11(2)10-13(12-6-4-3-5-7-12)19-15(18)9-8-14(16)17/h3-9,13H,1,10H2,2H3,(H,16,17)/b9-8+. The molecule has 0 bridgehead atoms. The first-order valence-electron chi connectivity index (χ1n) is 5.80. The van der Waals surface area contributed by atoms with Crippen LogP contribution in [0.4, 0.5) is 0 Å². The second-order valence-corrected chi connectivity index (χ2v) is 4.17. The lowest BCUT2D eigenvalue weighted by molar-refractivity contribution is -0.143. The SMILES string of the molecule is C=C(C)CC(OC(=O)/C=C/C(=O)O)c1ccccc1. The van der Waals surface area contributed by atoms with Gasteiger partial charge in [-0.25, -0.2) is 9.59 Å². The number of carboxylic acids is 1. The Kier molecular flexibility index (Phi) is 5.54. The second-order valence-electron chi connectivity index (χ2n) is 4.17. The molecule has 0 aromatic heterocycles. The summed E-state index contributed by atoms with van der Waals surface area (Å²) in [5, 5.41) is 8.45. The highest BCUT2D eigenvalue weighted by atomic mass is 16.5. The van der Waals surface area contributed by atoms with Crippen molar-refractivity contribution in [1.29, 1.82) is 0 Å². The van der Waals surface area contributed by atoms with E-state index in [4.69, 9.17) is 9.84 Å². The minimum atomic E-state index is -1.19. The van der Waals surface area contributed by atoms with Gasteiger partial charge in [0.15, 0.2) is 0 Å². The largest absolute Gasteiger partial charge is 0.478 e. The van der Waals surface area contributed by atoms with Crippen molar-refractivity contribution in [1.82, 2.24) is 0 Å². The van der Waals surface area contributed by atoms with Crippen LogP contribution in [0.2, 0.25) is 0 Å². The Morgan fingerprint density at radius 2 is 1.95 bits per heavy atom. The van der Waals surface area contributed by atoms with Crippen LogP contribution in [0.15, 0.2) is 54.6 Å². The van der Waals surface area contributed by atoms with Crippen molar-refractivity contribution in [2.75, 3.05) is 0 Å². The fourth-order valence-electron chi connectivity index (χ4n) is 1.53. The summed E-state index contributed by atoms with van der Waals surface area (Å²) in [5.41, 5.74) is 1.73. The molecule has 0 fully saturated rings. The Hall–Kier alpha value is -2.36. The zero-order chi connectivity index (χ0) is 14.3. The van der Waals surface area contributed by atoms with E-state index in [1.54, 1.807) is 0 Å². The number of rotatable bonds is 6. The molecule has 0 aliphatic rings. The predicted octanol–water partition coefficient (Wildman–Crippen LogP) is 2.88. The molecular weight excluding hydrogens is 244 g/mol. The average Bonchev–Trinajstić information content (AvgIpc) is 2.36. The van der Waals surface area contributed by atoms with Gasteiger partial charge in [0.2, 0.25) is 0 Å². The number of aliphatic carboxylic acids is 1. The quantitative estimate of drug-likeness (QED) is 0.485. The monoisotopic (exact) mass is 260 g/mol. The van der Waals surface area contributed by atoms with Gasteiger partial charge in [0.05, 0.1) is 0 Å². The summed E-state index contributed by atoms with van der Waals surface area (Å²) in [6, 6.07) is 9.26. The summed E-state index contributed by atoms with van der Waals surface area (Å²) >= 11 is 0. The van der Waals surface area contributed by atoms with Gasteiger partial charge in [0.25, 0.3) is 0 Å². The first kappa shape index (κ1) is 14.7. The van der Waals surface area contributed by atoms with Crippen molar-refractivity contribution in [3.05, 3.63) is 60.2 Å². The maximum atomic E-state index is 11.5. The summed E-state index contributed by atoms with van der Waals surface area (Å²) in [6.45, 7) is 5.64. The molecule has 1 N–H and O–H groups in total. The second kappa shape index (κ2) is 7.16. The molecule has 0 radical (unpaired) electrons. The van der Waals surface area contributed by atoms with E-state index in [2.05, 4.69) is 6.58 Å². The third kappa shape index (κ3) is 5.68. The van der Waals surface area contributed by atoms with Crippen molar-refractivity contribution < 1.29 is 19.4 Å². The van der Waals surface area contributed by atoms with Gasteiger partial charge in [0, 0.05) is 18.6 Å². The topological polar surface area (TPSA) is 63.6 Å². The summed E-state index contributed by atoms with van der Waals surface area (Å²) in [5.74, 6) is -1.87. The molecule has 1 aromatic rings. The van der Waals surface area contributed by atoms with Crippen molar-refractivity contribution in [2.24, 2.45) is 0 Å². The van der Waals surface area contributed by atoms with Crippen LogP contribution in [-0.4, -0.2) is 17.0 Å². The van der Waals surface area contributed by atoms with Crippen LogP contribution in [0.5, 0.6) is 0 Å². The fraction of sp³-hybridized carbons (Fsp3) is 0.200. The van der Waals surface area contributed by atoms with Crippen molar-refractivity contribution >= 4 is 11.9 Å². The van der Waals surface area contributed by atoms with E-state index in [9.17, 15) is 9.59 Å². The number of hydrogen-bond donors (Lipinski definition) is 1. The molecule has 0 amide bonds. The third-order valence-corrected chi connectivity index (χ3v) is 2.33. The van der Waals surface area contributed by atoms with Crippen LogP contribution in [0, 0.1) is 0 Å². The highest BCUT2D eigenvalue weighted by Gasteiger charge is 2.15. The van der Waals surface area contributed by atoms with Gasteiger partial charge in [-0.3, -0.25) is 0 Å². The summed E-state index contributed by atoms with van der Waals surface area (Å²) in [6.07, 6.45) is 1.70. The van der Waals surface area contributed by atoms with Crippen LogP contribution in [0.25, 0.3) is 0 Å².